The van der Waals surface area contributed by atoms with Crippen molar-refractivity contribution in [2.24, 2.45) is 7.05 Å². The molecule has 0 saturated heterocycles. The lowest BCUT2D eigenvalue weighted by Crippen LogP contribution is -2.32. The van der Waals surface area contributed by atoms with Crippen molar-refractivity contribution in [3.05, 3.63) is 60.2 Å². The molecule has 1 aromatic heterocycles. The lowest BCUT2D eigenvalue weighted by molar-refractivity contribution is 0.100. The first-order valence-electron chi connectivity index (χ1n) is 11.4. The van der Waals surface area contributed by atoms with Gasteiger partial charge in [0.05, 0.1) is 18.8 Å². The van der Waals surface area contributed by atoms with Crippen LogP contribution in [0.25, 0.3) is 11.3 Å². The number of hydrogen-bond acceptors (Lipinski definition) is 5. The second kappa shape index (κ2) is 11.7. The zero-order valence-electron chi connectivity index (χ0n) is 19.6. The van der Waals surface area contributed by atoms with Crippen LogP contribution in [0.15, 0.2) is 54.6 Å². The van der Waals surface area contributed by atoms with Gasteiger partial charge in [0.2, 0.25) is 5.88 Å². The number of methoxy groups -OCH3 is 1. The number of aromatic nitrogens is 2. The molecular weight excluding hydrogens is 402 g/mol. The second-order valence-corrected chi connectivity index (χ2v) is 8.05. The van der Waals surface area contributed by atoms with Crippen LogP contribution >= 0.6 is 0 Å². The third-order valence-corrected chi connectivity index (χ3v) is 5.42. The minimum atomic E-state index is -0.345. The average Bonchev–Trinajstić information content (AvgIpc) is 3.10. The maximum Gasteiger partial charge on any atom is 0.222 e. The number of aliphatic hydroxyl groups is 1. The summed E-state index contributed by atoms with van der Waals surface area (Å²) in [5, 5.41) is 15.3. The van der Waals surface area contributed by atoms with E-state index in [2.05, 4.69) is 30.9 Å². The van der Waals surface area contributed by atoms with Gasteiger partial charge in [-0.15, -0.1) is 0 Å². The monoisotopic (exact) mass is 437 g/mol. The number of nitrogens with zero attached hydrogens (tertiary/aromatic N) is 3. The molecule has 0 radical (unpaired) electrons. The third kappa shape index (κ3) is 5.90. The molecule has 1 N–H and O–H groups in total. The SMILES string of the molecule is CCC[C@@H](O)CN(CCC)Cc1c(-c2ccccc2)nn(C)c1Oc1ccccc1OC. The van der Waals surface area contributed by atoms with E-state index < -0.39 is 0 Å². The minimum Gasteiger partial charge on any atom is -0.493 e. The van der Waals surface area contributed by atoms with Crippen molar-refractivity contribution in [1.29, 1.82) is 0 Å². The fourth-order valence-electron chi connectivity index (χ4n) is 3.96. The van der Waals surface area contributed by atoms with Crippen LogP contribution in [0.3, 0.4) is 0 Å². The van der Waals surface area contributed by atoms with Gasteiger partial charge in [-0.25, -0.2) is 4.68 Å². The highest BCUT2D eigenvalue weighted by Crippen LogP contribution is 2.37. The predicted octanol–water partition coefficient (Wildman–Crippen LogP) is 5.26. The molecule has 0 aliphatic rings. The molecule has 32 heavy (non-hydrogen) atoms. The fraction of sp³-hybridized carbons (Fsp3) is 0.423. The molecule has 0 bridgehead atoms. The van der Waals surface area contributed by atoms with E-state index >= 15 is 0 Å². The van der Waals surface area contributed by atoms with Crippen molar-refractivity contribution >= 4 is 0 Å². The van der Waals surface area contributed by atoms with Crippen LogP contribution in [0.5, 0.6) is 17.4 Å². The van der Waals surface area contributed by atoms with Gasteiger partial charge < -0.3 is 14.6 Å². The Bertz CT molecular complexity index is 972. The summed E-state index contributed by atoms with van der Waals surface area (Å²) >= 11 is 0. The van der Waals surface area contributed by atoms with Gasteiger partial charge in [0.25, 0.3) is 0 Å². The molecule has 0 spiro atoms. The van der Waals surface area contributed by atoms with Crippen molar-refractivity contribution < 1.29 is 14.6 Å². The molecule has 172 valence electrons. The first-order chi connectivity index (χ1) is 15.6. The van der Waals surface area contributed by atoms with Crippen molar-refractivity contribution in [3.8, 4) is 28.6 Å². The number of hydrogen-bond donors (Lipinski definition) is 1. The van der Waals surface area contributed by atoms with E-state index in [1.165, 1.54) is 0 Å². The van der Waals surface area contributed by atoms with Crippen LogP contribution < -0.4 is 9.47 Å². The number of aryl methyl sites for hydroxylation is 1. The Hall–Kier alpha value is -2.83. The summed E-state index contributed by atoms with van der Waals surface area (Å²) in [6, 6.07) is 17.8. The summed E-state index contributed by atoms with van der Waals surface area (Å²) in [6.07, 6.45) is 2.42. The van der Waals surface area contributed by atoms with Gasteiger partial charge in [-0.05, 0) is 31.5 Å². The normalized spacial score (nSPS) is 12.2. The highest BCUT2D eigenvalue weighted by molar-refractivity contribution is 5.65. The molecule has 0 fully saturated rings. The molecule has 2 aromatic carbocycles. The lowest BCUT2D eigenvalue weighted by atomic mass is 10.1. The van der Waals surface area contributed by atoms with Gasteiger partial charge in [-0.3, -0.25) is 4.90 Å². The van der Waals surface area contributed by atoms with Gasteiger partial charge in [0, 0.05) is 25.7 Å². The molecule has 6 heteroatoms. The molecule has 1 atom stereocenters. The molecule has 0 aliphatic carbocycles. The Morgan fingerprint density at radius 2 is 1.69 bits per heavy atom. The molecule has 3 rings (SSSR count). The molecule has 3 aromatic rings. The Balaban J connectivity index is 2.02. The van der Waals surface area contributed by atoms with Crippen LogP contribution in [0.2, 0.25) is 0 Å². The Kier molecular flexibility index (Phi) is 8.71. The van der Waals surface area contributed by atoms with Crippen LogP contribution in [-0.2, 0) is 13.6 Å². The van der Waals surface area contributed by atoms with E-state index in [1.807, 2.05) is 49.5 Å². The van der Waals surface area contributed by atoms with E-state index in [-0.39, 0.29) is 6.10 Å². The fourth-order valence-corrected chi connectivity index (χ4v) is 3.96. The van der Waals surface area contributed by atoms with Crippen LogP contribution in [0.4, 0.5) is 0 Å². The smallest absolute Gasteiger partial charge is 0.222 e. The van der Waals surface area contributed by atoms with Crippen LogP contribution in [-0.4, -0.2) is 46.1 Å². The minimum absolute atomic E-state index is 0.345. The zero-order valence-corrected chi connectivity index (χ0v) is 19.6. The van der Waals surface area contributed by atoms with Crippen LogP contribution in [0, 0.1) is 0 Å². The Labute approximate surface area is 191 Å². The summed E-state index contributed by atoms with van der Waals surface area (Å²) in [6.45, 7) is 6.40. The van der Waals surface area contributed by atoms with E-state index in [0.29, 0.717) is 30.5 Å². The van der Waals surface area contributed by atoms with E-state index in [9.17, 15) is 5.11 Å². The number of ether oxygens (including phenoxy) is 2. The highest BCUT2D eigenvalue weighted by Gasteiger charge is 2.23. The van der Waals surface area contributed by atoms with Gasteiger partial charge in [0.15, 0.2) is 11.5 Å². The predicted molar refractivity (Wildman–Crippen MR) is 128 cm³/mol. The summed E-state index contributed by atoms with van der Waals surface area (Å²) < 4.78 is 13.7. The number of para-hydroxylation sites is 2. The third-order valence-electron chi connectivity index (χ3n) is 5.42. The molecule has 0 saturated carbocycles. The van der Waals surface area contributed by atoms with Crippen molar-refractivity contribution in [2.45, 2.75) is 45.8 Å². The second-order valence-electron chi connectivity index (χ2n) is 8.05. The van der Waals surface area contributed by atoms with Gasteiger partial charge in [-0.2, -0.15) is 5.10 Å². The van der Waals surface area contributed by atoms with E-state index in [0.717, 1.165) is 42.6 Å². The molecule has 0 aliphatic heterocycles. The number of aliphatic hydroxyl groups excluding tert-OH is 1. The molecule has 1 heterocycles. The van der Waals surface area contributed by atoms with Gasteiger partial charge in [0.1, 0.15) is 5.69 Å². The first kappa shape index (κ1) is 23.8. The standard InChI is InChI=1S/C26H35N3O3/c1-5-12-21(30)18-29(17-6-2)19-22-25(20-13-8-7-9-14-20)27-28(3)26(22)32-24-16-11-10-15-23(24)31-4/h7-11,13-16,21,30H,5-6,12,17-19H2,1-4H3/t21-/m1/s1. The first-order valence-corrected chi connectivity index (χ1v) is 11.4. The highest BCUT2D eigenvalue weighted by atomic mass is 16.5. The van der Waals surface area contributed by atoms with Gasteiger partial charge in [-0.1, -0.05) is 62.7 Å². The van der Waals surface area contributed by atoms with Crippen molar-refractivity contribution in [3.63, 3.8) is 0 Å². The summed E-state index contributed by atoms with van der Waals surface area (Å²) in [7, 11) is 3.54. The van der Waals surface area contributed by atoms with Crippen LogP contribution in [0.1, 0.15) is 38.7 Å². The van der Waals surface area contributed by atoms with E-state index in [1.54, 1.807) is 11.8 Å². The maximum atomic E-state index is 10.5. The van der Waals surface area contributed by atoms with Crippen molar-refractivity contribution in [2.75, 3.05) is 20.2 Å². The van der Waals surface area contributed by atoms with E-state index in [4.69, 9.17) is 14.6 Å². The Morgan fingerprint density at radius 1 is 1.00 bits per heavy atom. The molecule has 0 amide bonds. The number of rotatable bonds is 12. The van der Waals surface area contributed by atoms with Crippen molar-refractivity contribution in [1.82, 2.24) is 14.7 Å². The molecular formula is C26H35N3O3. The maximum absolute atomic E-state index is 10.5. The topological polar surface area (TPSA) is 59.8 Å². The summed E-state index contributed by atoms with van der Waals surface area (Å²) in [5.41, 5.74) is 2.93. The zero-order chi connectivity index (χ0) is 22.9. The largest absolute Gasteiger partial charge is 0.493 e. The molecule has 6 nitrogen and oxygen atoms in total. The molecule has 0 unspecified atom stereocenters. The lowest BCUT2D eigenvalue weighted by Gasteiger charge is -2.25. The summed E-state index contributed by atoms with van der Waals surface area (Å²) in [5.74, 6) is 2.00. The average molecular weight is 438 g/mol. The Morgan fingerprint density at radius 3 is 2.34 bits per heavy atom. The quantitative estimate of drug-likeness (QED) is 0.419. The summed E-state index contributed by atoms with van der Waals surface area (Å²) in [4.78, 5) is 2.29. The number of benzene rings is 2. The van der Waals surface area contributed by atoms with Gasteiger partial charge >= 0.3 is 0 Å².